The molecule has 2 aromatic carbocycles. The normalized spacial score (nSPS) is 10.2. The summed E-state index contributed by atoms with van der Waals surface area (Å²) in [6.45, 7) is -0.822. The molecule has 2 rings (SSSR count). The zero-order valence-corrected chi connectivity index (χ0v) is 11.2. The molecule has 0 aromatic heterocycles. The molecule has 0 radical (unpaired) electrons. The van der Waals surface area contributed by atoms with Crippen molar-refractivity contribution in [3.8, 4) is 5.75 Å². The molecule has 1 N–H and O–H groups in total. The second-order valence-electron chi connectivity index (χ2n) is 3.84. The van der Waals surface area contributed by atoms with Crippen molar-refractivity contribution in [1.82, 2.24) is 0 Å². The van der Waals surface area contributed by atoms with Crippen molar-refractivity contribution in [2.75, 3.05) is 7.11 Å². The topological polar surface area (TPSA) is 29.5 Å². The lowest BCUT2D eigenvalue weighted by molar-refractivity contribution is 0.417. The first-order chi connectivity index (χ1) is 8.61. The van der Waals surface area contributed by atoms with Crippen LogP contribution in [0.1, 0.15) is 0 Å². The van der Waals surface area contributed by atoms with Crippen LogP contribution >= 0.6 is 23.2 Å². The molecular weight excluding hydrogens is 270 g/mol. The van der Waals surface area contributed by atoms with Gasteiger partial charge in [0.05, 0.1) is 7.11 Å². The Morgan fingerprint density at radius 3 is 2.44 bits per heavy atom. The summed E-state index contributed by atoms with van der Waals surface area (Å²) in [5.41, 5.74) is 1.32. The summed E-state index contributed by atoms with van der Waals surface area (Å²) < 4.78 is 5.22. The van der Waals surface area contributed by atoms with Crippen LogP contribution in [-0.4, -0.2) is 19.0 Å². The first-order valence-corrected chi connectivity index (χ1v) is 6.14. The van der Waals surface area contributed by atoms with Gasteiger partial charge < -0.3 is 9.76 Å². The van der Waals surface area contributed by atoms with Gasteiger partial charge in [-0.25, -0.2) is 0 Å². The minimum absolute atomic E-state index is 0.548. The number of rotatable bonds is 3. The Morgan fingerprint density at radius 2 is 1.78 bits per heavy atom. The van der Waals surface area contributed by atoms with Crippen LogP contribution < -0.4 is 15.7 Å². The van der Waals surface area contributed by atoms with E-state index < -0.39 is 6.92 Å². The summed E-state index contributed by atoms with van der Waals surface area (Å²) in [6, 6.07) is 12.2. The minimum Gasteiger partial charge on any atom is -0.497 e. The van der Waals surface area contributed by atoms with E-state index in [1.807, 2.05) is 0 Å². The maximum atomic E-state index is 10.4. The Hall–Kier alpha value is -1.16. The van der Waals surface area contributed by atoms with Gasteiger partial charge in [0.1, 0.15) is 5.75 Å². The fraction of sp³-hybridized carbons (Fsp3) is 0.0769. The lowest BCUT2D eigenvalue weighted by Crippen LogP contribution is -2.42. The van der Waals surface area contributed by atoms with Gasteiger partial charge in [0.2, 0.25) is 0 Å². The quantitative estimate of drug-likeness (QED) is 0.873. The highest BCUT2D eigenvalue weighted by Crippen LogP contribution is 2.14. The molecule has 92 valence electrons. The summed E-state index contributed by atoms with van der Waals surface area (Å²) in [7, 11) is 1.55. The molecule has 0 aliphatic carbocycles. The number of halogens is 2. The van der Waals surface area contributed by atoms with Gasteiger partial charge in [-0.3, -0.25) is 0 Å². The Labute approximate surface area is 116 Å². The SMILES string of the molecule is COc1ccc(Cl)cc1B(O)c1cccc(Cl)c1. The Kier molecular flexibility index (Phi) is 4.17. The van der Waals surface area contributed by atoms with Gasteiger partial charge in [-0.2, -0.15) is 0 Å². The van der Waals surface area contributed by atoms with Crippen molar-refractivity contribution >= 4 is 41.0 Å². The van der Waals surface area contributed by atoms with Crippen molar-refractivity contribution in [3.63, 3.8) is 0 Å². The lowest BCUT2D eigenvalue weighted by Gasteiger charge is -2.12. The van der Waals surface area contributed by atoms with Gasteiger partial charge in [-0.15, -0.1) is 0 Å². The molecule has 0 bridgehead atoms. The van der Waals surface area contributed by atoms with Crippen LogP contribution in [0, 0.1) is 0 Å². The Balaban J connectivity index is 2.44. The highest BCUT2D eigenvalue weighted by Gasteiger charge is 2.21. The number of hydrogen-bond acceptors (Lipinski definition) is 2. The smallest absolute Gasteiger partial charge is 0.362 e. The van der Waals surface area contributed by atoms with Gasteiger partial charge in [0.15, 0.2) is 0 Å². The zero-order valence-electron chi connectivity index (χ0n) is 9.73. The highest BCUT2D eigenvalue weighted by atomic mass is 35.5. The maximum absolute atomic E-state index is 10.4. The average molecular weight is 281 g/mol. The third kappa shape index (κ3) is 2.81. The van der Waals surface area contributed by atoms with E-state index in [0.717, 1.165) is 0 Å². The van der Waals surface area contributed by atoms with Crippen molar-refractivity contribution in [2.45, 2.75) is 0 Å². The molecule has 5 heteroatoms. The van der Waals surface area contributed by atoms with E-state index in [4.69, 9.17) is 27.9 Å². The van der Waals surface area contributed by atoms with Crippen LogP contribution in [-0.2, 0) is 0 Å². The van der Waals surface area contributed by atoms with Crippen LogP contribution in [0.3, 0.4) is 0 Å². The fourth-order valence-electron chi connectivity index (χ4n) is 1.78. The molecule has 0 aliphatic rings. The fourth-order valence-corrected chi connectivity index (χ4v) is 2.15. The molecule has 0 aliphatic heterocycles. The Morgan fingerprint density at radius 1 is 1.06 bits per heavy atom. The molecule has 0 amide bonds. The van der Waals surface area contributed by atoms with Crippen LogP contribution in [0.15, 0.2) is 42.5 Å². The second-order valence-corrected chi connectivity index (χ2v) is 4.72. The average Bonchev–Trinajstić information content (AvgIpc) is 2.38. The molecule has 0 saturated heterocycles. The standard InChI is InChI=1S/C13H11BCl2O2/c1-18-13-6-5-11(16)8-12(13)14(17)9-3-2-4-10(15)7-9/h2-8,17H,1H3. The third-order valence-corrected chi connectivity index (χ3v) is 3.12. The molecule has 0 unspecified atom stereocenters. The first-order valence-electron chi connectivity index (χ1n) is 5.39. The molecule has 0 atom stereocenters. The summed E-state index contributed by atoms with van der Waals surface area (Å²) in [5, 5.41) is 11.5. The van der Waals surface area contributed by atoms with E-state index >= 15 is 0 Å². The number of ether oxygens (including phenoxy) is 1. The molecular formula is C13H11BCl2O2. The van der Waals surface area contributed by atoms with E-state index in [9.17, 15) is 5.02 Å². The number of benzene rings is 2. The van der Waals surface area contributed by atoms with Crippen molar-refractivity contribution in [1.29, 1.82) is 0 Å². The molecule has 0 spiro atoms. The molecule has 0 fully saturated rings. The summed E-state index contributed by atoms with van der Waals surface area (Å²) >= 11 is 11.9. The zero-order chi connectivity index (χ0) is 13.1. The lowest BCUT2D eigenvalue weighted by atomic mass is 9.55. The van der Waals surface area contributed by atoms with Crippen LogP contribution in [0.25, 0.3) is 0 Å². The van der Waals surface area contributed by atoms with Crippen molar-refractivity contribution in [3.05, 3.63) is 52.5 Å². The maximum Gasteiger partial charge on any atom is 0.362 e. The predicted molar refractivity (Wildman–Crippen MR) is 76.7 cm³/mol. The van der Waals surface area contributed by atoms with E-state index in [1.165, 1.54) is 0 Å². The largest absolute Gasteiger partial charge is 0.497 e. The van der Waals surface area contributed by atoms with E-state index in [1.54, 1.807) is 49.6 Å². The van der Waals surface area contributed by atoms with Gasteiger partial charge in [0.25, 0.3) is 0 Å². The van der Waals surface area contributed by atoms with Crippen LogP contribution in [0.2, 0.25) is 10.0 Å². The monoisotopic (exact) mass is 280 g/mol. The highest BCUT2D eigenvalue weighted by molar-refractivity contribution is 6.79. The first kappa shape index (κ1) is 13.3. The number of hydrogen-bond donors (Lipinski definition) is 1. The predicted octanol–water partition coefficient (Wildman–Crippen LogP) is 2.10. The van der Waals surface area contributed by atoms with E-state index in [2.05, 4.69) is 0 Å². The second kappa shape index (κ2) is 5.66. The molecule has 0 heterocycles. The van der Waals surface area contributed by atoms with Gasteiger partial charge in [-0.1, -0.05) is 35.3 Å². The summed E-state index contributed by atoms with van der Waals surface area (Å²) in [6.07, 6.45) is 0. The molecule has 2 nitrogen and oxygen atoms in total. The van der Waals surface area contributed by atoms with E-state index in [-0.39, 0.29) is 0 Å². The van der Waals surface area contributed by atoms with Gasteiger partial charge >= 0.3 is 6.92 Å². The van der Waals surface area contributed by atoms with Gasteiger partial charge in [-0.05, 0) is 41.3 Å². The van der Waals surface area contributed by atoms with Crippen molar-refractivity contribution < 1.29 is 9.76 Å². The van der Waals surface area contributed by atoms with Crippen molar-refractivity contribution in [2.24, 2.45) is 0 Å². The summed E-state index contributed by atoms with van der Waals surface area (Å²) in [4.78, 5) is 0. The van der Waals surface area contributed by atoms with Crippen LogP contribution in [0.5, 0.6) is 5.75 Å². The third-order valence-electron chi connectivity index (χ3n) is 2.65. The van der Waals surface area contributed by atoms with E-state index in [0.29, 0.717) is 26.7 Å². The minimum atomic E-state index is -0.822. The van der Waals surface area contributed by atoms with Gasteiger partial charge in [0, 0.05) is 10.0 Å². The summed E-state index contributed by atoms with van der Waals surface area (Å²) in [5.74, 6) is 0.590. The Bertz CT molecular complexity index is 560. The molecule has 2 aromatic rings. The van der Waals surface area contributed by atoms with Crippen LogP contribution in [0.4, 0.5) is 0 Å². The number of methoxy groups -OCH3 is 1. The molecule has 18 heavy (non-hydrogen) atoms. The molecule has 0 saturated carbocycles.